The molecule has 0 spiro atoms. The zero-order valence-corrected chi connectivity index (χ0v) is 16.5. The summed E-state index contributed by atoms with van der Waals surface area (Å²) in [4.78, 5) is 4.75. The molecule has 0 fully saturated rings. The van der Waals surface area contributed by atoms with Gasteiger partial charge in [-0.2, -0.15) is 8.78 Å². The zero-order chi connectivity index (χ0) is 20.0. The predicted molar refractivity (Wildman–Crippen MR) is 101 cm³/mol. The van der Waals surface area contributed by atoms with Crippen molar-refractivity contribution in [3.63, 3.8) is 0 Å². The minimum Gasteiger partial charge on any atom is -0.434 e. The second-order valence-electron chi connectivity index (χ2n) is 5.18. The molecule has 0 bridgehead atoms. The van der Waals surface area contributed by atoms with Crippen LogP contribution in [0.3, 0.4) is 0 Å². The first-order valence-corrected chi connectivity index (χ1v) is 10.2. The minimum atomic E-state index is -3.73. The molecule has 0 amide bonds. The SMILES string of the molecule is CN=C(NCc1ccc(S(N)(=O)=O)s1)NCc1cc(Cl)ccc1OC(F)F. The number of primary sulfonamides is 1. The van der Waals surface area contributed by atoms with Gasteiger partial charge in [0.25, 0.3) is 0 Å². The molecule has 0 aliphatic rings. The molecule has 1 heterocycles. The maximum Gasteiger partial charge on any atom is 0.387 e. The van der Waals surface area contributed by atoms with E-state index in [0.29, 0.717) is 23.1 Å². The molecule has 0 radical (unpaired) electrons. The van der Waals surface area contributed by atoms with Gasteiger partial charge in [-0.1, -0.05) is 11.6 Å². The lowest BCUT2D eigenvalue weighted by Crippen LogP contribution is -2.36. The molecule has 0 atom stereocenters. The van der Waals surface area contributed by atoms with Gasteiger partial charge in [-0.25, -0.2) is 13.6 Å². The average Bonchev–Trinajstić information content (AvgIpc) is 3.06. The molecule has 0 unspecified atom stereocenters. The van der Waals surface area contributed by atoms with E-state index in [1.807, 2.05) is 0 Å². The number of benzene rings is 1. The number of hydrogen-bond acceptors (Lipinski definition) is 5. The summed E-state index contributed by atoms with van der Waals surface area (Å²) in [5.41, 5.74) is 0.429. The molecule has 4 N–H and O–H groups in total. The lowest BCUT2D eigenvalue weighted by atomic mass is 10.2. The van der Waals surface area contributed by atoms with Crippen molar-refractivity contribution in [3.8, 4) is 5.75 Å². The Labute approximate surface area is 164 Å². The quantitative estimate of drug-likeness (QED) is 0.455. The van der Waals surface area contributed by atoms with Crippen LogP contribution < -0.4 is 20.5 Å². The fraction of sp³-hybridized carbons (Fsp3) is 0.267. The third-order valence-electron chi connectivity index (χ3n) is 3.26. The minimum absolute atomic E-state index is 0.00778. The molecule has 0 saturated carbocycles. The van der Waals surface area contributed by atoms with Crippen LogP contribution in [0.15, 0.2) is 39.5 Å². The molecule has 0 saturated heterocycles. The highest BCUT2D eigenvalue weighted by molar-refractivity contribution is 7.91. The van der Waals surface area contributed by atoms with Crippen molar-refractivity contribution in [2.24, 2.45) is 10.1 Å². The van der Waals surface area contributed by atoms with Crippen molar-refractivity contribution in [3.05, 3.63) is 45.8 Å². The number of aliphatic imine (C=N–C) groups is 1. The van der Waals surface area contributed by atoms with Gasteiger partial charge in [-0.05, 0) is 30.3 Å². The molecule has 2 rings (SSSR count). The van der Waals surface area contributed by atoms with Crippen LogP contribution in [0.1, 0.15) is 10.4 Å². The largest absolute Gasteiger partial charge is 0.434 e. The predicted octanol–water partition coefficient (Wildman–Crippen LogP) is 2.52. The van der Waals surface area contributed by atoms with E-state index < -0.39 is 16.6 Å². The van der Waals surface area contributed by atoms with Gasteiger partial charge in [0, 0.05) is 29.1 Å². The highest BCUT2D eigenvalue weighted by Gasteiger charge is 2.13. The number of rotatable bonds is 7. The lowest BCUT2D eigenvalue weighted by Gasteiger charge is -2.14. The number of thiophene rings is 1. The van der Waals surface area contributed by atoms with Gasteiger partial charge >= 0.3 is 6.61 Å². The monoisotopic (exact) mass is 438 g/mol. The smallest absolute Gasteiger partial charge is 0.387 e. The van der Waals surface area contributed by atoms with Gasteiger partial charge in [0.05, 0.1) is 6.54 Å². The second kappa shape index (κ2) is 9.31. The fourth-order valence-corrected chi connectivity index (χ4v) is 3.99. The number of alkyl halides is 2. The van der Waals surface area contributed by atoms with Crippen LogP contribution in [-0.2, 0) is 23.1 Å². The van der Waals surface area contributed by atoms with E-state index in [1.165, 1.54) is 31.3 Å². The fourth-order valence-electron chi connectivity index (χ4n) is 2.07. The Hall–Kier alpha value is -1.95. The average molecular weight is 439 g/mol. The summed E-state index contributed by atoms with van der Waals surface area (Å²) in [6.45, 7) is -2.51. The maximum atomic E-state index is 12.5. The van der Waals surface area contributed by atoms with E-state index in [1.54, 1.807) is 6.07 Å². The standard InChI is InChI=1S/C15H17ClF2N4O3S2/c1-20-15(22-8-11-3-5-13(26-11)27(19,23)24)21-7-9-6-10(16)2-4-12(9)25-14(17)18/h2-6,14H,7-8H2,1H3,(H2,19,23,24)(H2,20,21,22). The highest BCUT2D eigenvalue weighted by Crippen LogP contribution is 2.24. The Morgan fingerprint density at radius 1 is 1.30 bits per heavy atom. The number of ether oxygens (including phenoxy) is 1. The van der Waals surface area contributed by atoms with E-state index in [0.717, 1.165) is 16.2 Å². The molecule has 27 heavy (non-hydrogen) atoms. The summed E-state index contributed by atoms with van der Waals surface area (Å²) < 4.78 is 52.1. The molecule has 1 aromatic heterocycles. The van der Waals surface area contributed by atoms with E-state index in [2.05, 4.69) is 20.4 Å². The molecule has 12 heteroatoms. The van der Waals surface area contributed by atoms with E-state index in [-0.39, 0.29) is 16.5 Å². The van der Waals surface area contributed by atoms with Gasteiger partial charge in [0.1, 0.15) is 9.96 Å². The van der Waals surface area contributed by atoms with Crippen molar-refractivity contribution >= 4 is 38.9 Å². The Bertz CT molecular complexity index is 920. The summed E-state index contributed by atoms with van der Waals surface area (Å²) in [5.74, 6) is 0.386. The van der Waals surface area contributed by atoms with Crippen LogP contribution in [0.2, 0.25) is 5.02 Å². The van der Waals surface area contributed by atoms with E-state index in [9.17, 15) is 17.2 Å². The normalized spacial score (nSPS) is 12.3. The van der Waals surface area contributed by atoms with Gasteiger partial charge in [-0.15, -0.1) is 11.3 Å². The van der Waals surface area contributed by atoms with Crippen LogP contribution in [0.5, 0.6) is 5.75 Å². The van der Waals surface area contributed by atoms with Gasteiger partial charge in [0.15, 0.2) is 5.96 Å². The number of nitrogens with zero attached hydrogens (tertiary/aromatic N) is 1. The first-order chi connectivity index (χ1) is 12.7. The summed E-state index contributed by atoms with van der Waals surface area (Å²) in [7, 11) is -2.20. The van der Waals surface area contributed by atoms with Crippen molar-refractivity contribution in [1.29, 1.82) is 0 Å². The van der Waals surface area contributed by atoms with Crippen LogP contribution in [0, 0.1) is 0 Å². The summed E-state index contributed by atoms with van der Waals surface area (Å²) in [6, 6.07) is 7.39. The van der Waals surface area contributed by atoms with Gasteiger partial charge in [-0.3, -0.25) is 4.99 Å². The lowest BCUT2D eigenvalue weighted by molar-refractivity contribution is -0.0504. The number of halogens is 3. The van der Waals surface area contributed by atoms with Crippen molar-refractivity contribution in [2.75, 3.05) is 7.05 Å². The van der Waals surface area contributed by atoms with Crippen LogP contribution in [0.25, 0.3) is 0 Å². The van der Waals surface area contributed by atoms with Crippen LogP contribution >= 0.6 is 22.9 Å². The van der Waals surface area contributed by atoms with Crippen molar-refractivity contribution < 1.29 is 21.9 Å². The molecule has 1 aromatic carbocycles. The molecule has 0 aliphatic carbocycles. The number of sulfonamides is 1. The second-order valence-corrected chi connectivity index (χ2v) is 8.57. The van der Waals surface area contributed by atoms with Crippen LogP contribution in [-0.4, -0.2) is 28.0 Å². The Balaban J connectivity index is 1.98. The van der Waals surface area contributed by atoms with Gasteiger partial charge in [0.2, 0.25) is 10.0 Å². The maximum absolute atomic E-state index is 12.5. The molecule has 0 aliphatic heterocycles. The van der Waals surface area contributed by atoms with Crippen molar-refractivity contribution in [2.45, 2.75) is 23.9 Å². The summed E-state index contributed by atoms with van der Waals surface area (Å²) >= 11 is 6.95. The first kappa shape index (κ1) is 21.4. The Morgan fingerprint density at radius 3 is 2.59 bits per heavy atom. The molecular formula is C15H17ClF2N4O3S2. The number of nitrogens with two attached hydrogens (primary N) is 1. The topological polar surface area (TPSA) is 106 Å². The van der Waals surface area contributed by atoms with Crippen LogP contribution in [0.4, 0.5) is 8.78 Å². The van der Waals surface area contributed by atoms with Crippen molar-refractivity contribution in [1.82, 2.24) is 10.6 Å². The number of hydrogen-bond donors (Lipinski definition) is 3. The Morgan fingerprint density at radius 2 is 2.00 bits per heavy atom. The number of nitrogens with one attached hydrogen (secondary N) is 2. The third kappa shape index (κ3) is 6.61. The van der Waals surface area contributed by atoms with E-state index >= 15 is 0 Å². The van der Waals surface area contributed by atoms with Gasteiger partial charge < -0.3 is 15.4 Å². The third-order valence-corrected chi connectivity index (χ3v) is 6.01. The first-order valence-electron chi connectivity index (χ1n) is 7.48. The molecule has 148 valence electrons. The van der Waals surface area contributed by atoms with E-state index in [4.69, 9.17) is 16.7 Å². The Kier molecular flexibility index (Phi) is 7.36. The highest BCUT2D eigenvalue weighted by atomic mass is 35.5. The molecule has 2 aromatic rings. The molecular weight excluding hydrogens is 422 g/mol. The summed E-state index contributed by atoms with van der Waals surface area (Å²) in [5, 5.41) is 11.4. The number of guanidine groups is 1. The molecule has 7 nitrogen and oxygen atoms in total. The zero-order valence-electron chi connectivity index (χ0n) is 14.1. The summed E-state index contributed by atoms with van der Waals surface area (Å²) in [6.07, 6.45) is 0.